The summed E-state index contributed by atoms with van der Waals surface area (Å²) in [6.07, 6.45) is 2.33. The number of benzene rings is 2. The molecule has 1 aliphatic carbocycles. The van der Waals surface area contributed by atoms with E-state index in [1.54, 1.807) is 0 Å². The van der Waals surface area contributed by atoms with Gasteiger partial charge in [0.1, 0.15) is 0 Å². The second-order valence-electron chi connectivity index (χ2n) is 8.76. The number of aryl methyl sites for hydroxylation is 1. The monoisotopic (exact) mass is 415 g/mol. The Kier molecular flexibility index (Phi) is 5.70. The van der Waals surface area contributed by atoms with Gasteiger partial charge in [-0.25, -0.2) is 0 Å². The van der Waals surface area contributed by atoms with Crippen LogP contribution in [-0.4, -0.2) is 48.1 Å². The molecule has 2 aromatic carbocycles. The normalized spacial score (nSPS) is 19.5. The number of fused-ring (bicyclic) bond motifs is 1. The van der Waals surface area contributed by atoms with Gasteiger partial charge in [-0.15, -0.1) is 0 Å². The van der Waals surface area contributed by atoms with Gasteiger partial charge in [0.2, 0.25) is 0 Å². The molecule has 2 heterocycles. The Morgan fingerprint density at radius 3 is 2.81 bits per heavy atom. The molecule has 1 saturated carbocycles. The fourth-order valence-electron chi connectivity index (χ4n) is 4.38. The van der Waals surface area contributed by atoms with Crippen LogP contribution in [0.15, 0.2) is 54.6 Å². The van der Waals surface area contributed by atoms with Crippen molar-refractivity contribution in [1.29, 1.82) is 0 Å². The van der Waals surface area contributed by atoms with Crippen molar-refractivity contribution in [3.63, 3.8) is 0 Å². The number of para-hydroxylation sites is 1. The van der Waals surface area contributed by atoms with Crippen molar-refractivity contribution in [2.45, 2.75) is 38.3 Å². The van der Waals surface area contributed by atoms with Crippen molar-refractivity contribution in [2.75, 3.05) is 26.2 Å². The molecule has 5 heteroatoms. The van der Waals surface area contributed by atoms with Crippen molar-refractivity contribution >= 4 is 16.8 Å². The lowest BCUT2D eigenvalue weighted by Gasteiger charge is -2.33. The number of nitrogens with zero attached hydrogens (tertiary/aromatic N) is 2. The van der Waals surface area contributed by atoms with Crippen LogP contribution < -0.4 is 5.32 Å². The first-order valence-electron chi connectivity index (χ1n) is 11.2. The van der Waals surface area contributed by atoms with Crippen LogP contribution >= 0.6 is 0 Å². The Bertz CT molecular complexity index is 1080. The van der Waals surface area contributed by atoms with Gasteiger partial charge in [0.05, 0.1) is 23.8 Å². The van der Waals surface area contributed by atoms with E-state index >= 15 is 0 Å². The third-order valence-electron chi connectivity index (χ3n) is 6.26. The summed E-state index contributed by atoms with van der Waals surface area (Å²) >= 11 is 0. The predicted octanol–water partition coefficient (Wildman–Crippen LogP) is 4.05. The molecule has 5 nitrogen and oxygen atoms in total. The van der Waals surface area contributed by atoms with E-state index in [0.29, 0.717) is 19.1 Å². The molecule has 0 bridgehead atoms. The molecular formula is C26H29N3O2. The molecule has 1 saturated heterocycles. The van der Waals surface area contributed by atoms with Crippen molar-refractivity contribution in [1.82, 2.24) is 15.2 Å². The predicted molar refractivity (Wildman–Crippen MR) is 122 cm³/mol. The summed E-state index contributed by atoms with van der Waals surface area (Å²) in [5, 5.41) is 4.06. The number of amides is 1. The minimum atomic E-state index is -0.0383. The third-order valence-corrected chi connectivity index (χ3v) is 6.26. The van der Waals surface area contributed by atoms with Crippen LogP contribution in [0.5, 0.6) is 0 Å². The van der Waals surface area contributed by atoms with Crippen LogP contribution in [0.3, 0.4) is 0 Å². The SMILES string of the molecule is Cc1cccc2c(C(=O)NC[C@@H]3CN(Cc4ccccc4)CCO3)cc(C3CC3)nc12. The van der Waals surface area contributed by atoms with E-state index in [-0.39, 0.29) is 12.0 Å². The fourth-order valence-corrected chi connectivity index (χ4v) is 4.38. The third kappa shape index (κ3) is 4.63. The molecule has 1 aliphatic heterocycles. The summed E-state index contributed by atoms with van der Waals surface area (Å²) < 4.78 is 5.94. The average molecular weight is 416 g/mol. The highest BCUT2D eigenvalue weighted by Gasteiger charge is 2.27. The van der Waals surface area contributed by atoms with E-state index < -0.39 is 0 Å². The summed E-state index contributed by atoms with van der Waals surface area (Å²) in [5.74, 6) is 0.465. The highest BCUT2D eigenvalue weighted by molar-refractivity contribution is 6.06. The molecular weight excluding hydrogens is 386 g/mol. The van der Waals surface area contributed by atoms with Gasteiger partial charge in [0, 0.05) is 43.2 Å². The van der Waals surface area contributed by atoms with E-state index in [9.17, 15) is 4.79 Å². The zero-order chi connectivity index (χ0) is 21.2. The van der Waals surface area contributed by atoms with E-state index in [2.05, 4.69) is 47.5 Å². The summed E-state index contributed by atoms with van der Waals surface area (Å²) in [6.45, 7) is 5.91. The van der Waals surface area contributed by atoms with E-state index in [0.717, 1.165) is 47.4 Å². The largest absolute Gasteiger partial charge is 0.374 e. The topological polar surface area (TPSA) is 54.5 Å². The Morgan fingerprint density at radius 1 is 1.16 bits per heavy atom. The van der Waals surface area contributed by atoms with Gasteiger partial charge in [-0.05, 0) is 37.0 Å². The Labute approximate surface area is 183 Å². The van der Waals surface area contributed by atoms with Crippen LogP contribution in [0.2, 0.25) is 0 Å². The zero-order valence-corrected chi connectivity index (χ0v) is 18.0. The maximum Gasteiger partial charge on any atom is 0.252 e. The van der Waals surface area contributed by atoms with Gasteiger partial charge in [-0.3, -0.25) is 14.7 Å². The first-order chi connectivity index (χ1) is 15.2. The van der Waals surface area contributed by atoms with Gasteiger partial charge in [-0.1, -0.05) is 48.5 Å². The van der Waals surface area contributed by atoms with Gasteiger partial charge in [-0.2, -0.15) is 0 Å². The summed E-state index contributed by atoms with van der Waals surface area (Å²) in [4.78, 5) is 20.4. The highest BCUT2D eigenvalue weighted by atomic mass is 16.5. The molecule has 3 aromatic rings. The minimum Gasteiger partial charge on any atom is -0.374 e. The molecule has 1 aromatic heterocycles. The molecule has 31 heavy (non-hydrogen) atoms. The van der Waals surface area contributed by atoms with Crippen molar-refractivity contribution in [2.24, 2.45) is 0 Å². The van der Waals surface area contributed by atoms with Crippen LogP contribution in [0.1, 0.15) is 45.9 Å². The molecule has 1 atom stereocenters. The minimum absolute atomic E-state index is 0.000785. The van der Waals surface area contributed by atoms with Gasteiger partial charge in [0.15, 0.2) is 0 Å². The molecule has 0 spiro atoms. The van der Waals surface area contributed by atoms with Crippen molar-refractivity contribution < 1.29 is 9.53 Å². The van der Waals surface area contributed by atoms with E-state index in [1.807, 2.05) is 24.3 Å². The number of carbonyl (C=O) groups is 1. The van der Waals surface area contributed by atoms with Crippen molar-refractivity contribution in [3.05, 3.63) is 77.0 Å². The smallest absolute Gasteiger partial charge is 0.252 e. The average Bonchev–Trinajstić information content (AvgIpc) is 3.64. The summed E-state index contributed by atoms with van der Waals surface area (Å²) in [6, 6.07) is 18.6. The van der Waals surface area contributed by atoms with Crippen LogP contribution in [0.4, 0.5) is 0 Å². The van der Waals surface area contributed by atoms with Crippen molar-refractivity contribution in [3.8, 4) is 0 Å². The Hall–Kier alpha value is -2.76. The molecule has 2 aliphatic rings. The number of pyridine rings is 1. The number of hydrogen-bond acceptors (Lipinski definition) is 4. The highest BCUT2D eigenvalue weighted by Crippen LogP contribution is 2.40. The number of carbonyl (C=O) groups excluding carboxylic acids is 1. The van der Waals surface area contributed by atoms with Crippen LogP contribution in [0, 0.1) is 6.92 Å². The van der Waals surface area contributed by atoms with E-state index in [1.165, 1.54) is 18.4 Å². The Balaban J connectivity index is 1.27. The lowest BCUT2D eigenvalue weighted by molar-refractivity contribution is -0.0292. The lowest BCUT2D eigenvalue weighted by atomic mass is 10.0. The quantitative estimate of drug-likeness (QED) is 0.660. The molecule has 1 N–H and O–H groups in total. The zero-order valence-electron chi connectivity index (χ0n) is 18.0. The molecule has 1 amide bonds. The number of aromatic nitrogens is 1. The number of nitrogens with one attached hydrogen (secondary N) is 1. The maximum absolute atomic E-state index is 13.2. The first-order valence-corrected chi connectivity index (χ1v) is 11.2. The van der Waals surface area contributed by atoms with E-state index in [4.69, 9.17) is 9.72 Å². The Morgan fingerprint density at radius 2 is 2.00 bits per heavy atom. The summed E-state index contributed by atoms with van der Waals surface area (Å²) in [7, 11) is 0. The number of ether oxygens (including phenoxy) is 1. The molecule has 5 rings (SSSR count). The summed E-state index contributed by atoms with van der Waals surface area (Å²) in [5.41, 5.74) is 5.14. The second-order valence-corrected chi connectivity index (χ2v) is 8.76. The molecule has 0 unspecified atom stereocenters. The van der Waals surface area contributed by atoms with Crippen LogP contribution in [0.25, 0.3) is 10.9 Å². The van der Waals surface area contributed by atoms with Crippen LogP contribution in [-0.2, 0) is 11.3 Å². The molecule has 160 valence electrons. The van der Waals surface area contributed by atoms with Gasteiger partial charge in [0.25, 0.3) is 5.91 Å². The van der Waals surface area contributed by atoms with Gasteiger partial charge < -0.3 is 10.1 Å². The number of rotatable bonds is 6. The fraction of sp³-hybridized carbons (Fsp3) is 0.385. The molecule has 0 radical (unpaired) electrons. The number of morpholine rings is 1. The second kappa shape index (κ2) is 8.77. The van der Waals surface area contributed by atoms with Gasteiger partial charge >= 0.3 is 0 Å². The maximum atomic E-state index is 13.2. The molecule has 2 fully saturated rings. The number of hydrogen-bond donors (Lipinski definition) is 1. The lowest BCUT2D eigenvalue weighted by Crippen LogP contribution is -2.47. The first kappa shape index (κ1) is 20.2. The standard InChI is InChI=1S/C26H29N3O2/c1-18-6-5-9-22-23(14-24(20-10-11-20)28-25(18)22)26(30)27-15-21-17-29(12-13-31-21)16-19-7-3-2-4-8-19/h2-9,14,20-21H,10-13,15-17H2,1H3,(H,27,30)/t21-/m1/s1.